The van der Waals surface area contributed by atoms with Crippen LogP contribution in [0.2, 0.25) is 0 Å². The summed E-state index contributed by atoms with van der Waals surface area (Å²) in [7, 11) is 1.82. The number of para-hydroxylation sites is 1. The summed E-state index contributed by atoms with van der Waals surface area (Å²) in [5.74, 6) is -0.0489. The lowest BCUT2D eigenvalue weighted by Crippen LogP contribution is -2.34. The highest BCUT2D eigenvalue weighted by Gasteiger charge is 2.11. The van der Waals surface area contributed by atoms with Crippen LogP contribution in [0.15, 0.2) is 18.2 Å². The number of aryl methyl sites for hydroxylation is 2. The van der Waals surface area contributed by atoms with Crippen molar-refractivity contribution >= 4 is 11.6 Å². The van der Waals surface area contributed by atoms with E-state index in [1.54, 1.807) is 6.92 Å². The van der Waals surface area contributed by atoms with Gasteiger partial charge < -0.3 is 10.4 Å². The fourth-order valence-electron chi connectivity index (χ4n) is 2.14. The Morgan fingerprint density at radius 1 is 1.47 bits per heavy atom. The van der Waals surface area contributed by atoms with Crippen molar-refractivity contribution in [1.82, 2.24) is 4.90 Å². The Morgan fingerprint density at radius 3 is 2.74 bits per heavy atom. The van der Waals surface area contributed by atoms with Gasteiger partial charge in [0.05, 0.1) is 12.6 Å². The summed E-state index contributed by atoms with van der Waals surface area (Å²) in [5, 5.41) is 12.2. The number of hydrogen-bond acceptors (Lipinski definition) is 3. The molecule has 1 unspecified atom stereocenters. The molecule has 1 amide bonds. The number of rotatable bonds is 6. The second-order valence-electron chi connectivity index (χ2n) is 5.06. The van der Waals surface area contributed by atoms with E-state index in [2.05, 4.69) is 12.2 Å². The lowest BCUT2D eigenvalue weighted by atomic mass is 10.1. The number of aliphatic hydroxyl groups is 1. The third kappa shape index (κ3) is 5.01. The maximum atomic E-state index is 12.0. The van der Waals surface area contributed by atoms with Crippen LogP contribution in [0.5, 0.6) is 0 Å². The summed E-state index contributed by atoms with van der Waals surface area (Å²) < 4.78 is 0. The highest BCUT2D eigenvalue weighted by Crippen LogP contribution is 2.20. The zero-order valence-corrected chi connectivity index (χ0v) is 12.2. The van der Waals surface area contributed by atoms with Crippen molar-refractivity contribution in [3.05, 3.63) is 29.3 Å². The molecule has 4 nitrogen and oxygen atoms in total. The smallest absolute Gasteiger partial charge is 0.238 e. The number of anilines is 1. The van der Waals surface area contributed by atoms with Gasteiger partial charge >= 0.3 is 0 Å². The number of benzene rings is 1. The first-order valence-electron chi connectivity index (χ1n) is 6.69. The van der Waals surface area contributed by atoms with E-state index in [-0.39, 0.29) is 12.5 Å². The van der Waals surface area contributed by atoms with Crippen molar-refractivity contribution in [2.75, 3.05) is 25.5 Å². The van der Waals surface area contributed by atoms with Gasteiger partial charge in [-0.25, -0.2) is 0 Å². The number of nitrogens with one attached hydrogen (secondary N) is 1. The third-order valence-corrected chi connectivity index (χ3v) is 2.99. The molecule has 4 heteroatoms. The van der Waals surface area contributed by atoms with E-state index in [1.807, 2.05) is 37.1 Å². The molecular weight excluding hydrogens is 240 g/mol. The van der Waals surface area contributed by atoms with Crippen molar-refractivity contribution < 1.29 is 9.90 Å². The van der Waals surface area contributed by atoms with Gasteiger partial charge in [-0.2, -0.15) is 0 Å². The second-order valence-corrected chi connectivity index (χ2v) is 5.06. The van der Waals surface area contributed by atoms with Crippen molar-refractivity contribution in [3.8, 4) is 0 Å². The fraction of sp³-hybridized carbons (Fsp3) is 0.533. The molecule has 0 heterocycles. The highest BCUT2D eigenvalue weighted by molar-refractivity contribution is 5.93. The van der Waals surface area contributed by atoms with Crippen LogP contribution >= 0.6 is 0 Å². The van der Waals surface area contributed by atoms with Gasteiger partial charge in [-0.1, -0.05) is 25.1 Å². The molecule has 0 aliphatic heterocycles. The van der Waals surface area contributed by atoms with E-state index in [0.717, 1.165) is 23.2 Å². The Morgan fingerprint density at radius 2 is 2.16 bits per heavy atom. The number of likely N-dealkylation sites (N-methyl/N-ethyl adjacent to an activating group) is 1. The normalized spacial score (nSPS) is 12.5. The first-order valence-corrected chi connectivity index (χ1v) is 6.69. The molecule has 106 valence electrons. The number of carbonyl (C=O) groups excluding carboxylic acids is 1. The second kappa shape index (κ2) is 7.26. The van der Waals surface area contributed by atoms with Crippen LogP contribution in [0.1, 0.15) is 25.0 Å². The average Bonchev–Trinajstić information content (AvgIpc) is 2.30. The number of hydrogen-bond donors (Lipinski definition) is 2. The number of aliphatic hydroxyl groups excluding tert-OH is 1. The maximum absolute atomic E-state index is 12.0. The van der Waals surface area contributed by atoms with Crippen LogP contribution in [-0.2, 0) is 11.2 Å². The molecule has 2 N–H and O–H groups in total. The number of carbonyl (C=O) groups is 1. The molecule has 19 heavy (non-hydrogen) atoms. The molecule has 0 aromatic heterocycles. The largest absolute Gasteiger partial charge is 0.392 e. The summed E-state index contributed by atoms with van der Waals surface area (Å²) >= 11 is 0. The zero-order chi connectivity index (χ0) is 14.4. The first kappa shape index (κ1) is 15.7. The molecule has 0 fully saturated rings. The highest BCUT2D eigenvalue weighted by atomic mass is 16.3. The van der Waals surface area contributed by atoms with Crippen LogP contribution < -0.4 is 5.32 Å². The van der Waals surface area contributed by atoms with Gasteiger partial charge in [0, 0.05) is 12.2 Å². The zero-order valence-electron chi connectivity index (χ0n) is 12.2. The van der Waals surface area contributed by atoms with E-state index in [1.165, 1.54) is 0 Å². The predicted molar refractivity (Wildman–Crippen MR) is 78.4 cm³/mol. The van der Waals surface area contributed by atoms with Gasteiger partial charge in [-0.3, -0.25) is 9.69 Å². The van der Waals surface area contributed by atoms with Crippen molar-refractivity contribution in [2.45, 2.75) is 33.3 Å². The Labute approximate surface area is 115 Å². The topological polar surface area (TPSA) is 52.6 Å². The van der Waals surface area contributed by atoms with E-state index in [4.69, 9.17) is 0 Å². The fourth-order valence-corrected chi connectivity index (χ4v) is 2.14. The minimum atomic E-state index is -0.428. The van der Waals surface area contributed by atoms with Crippen molar-refractivity contribution in [1.29, 1.82) is 0 Å². The van der Waals surface area contributed by atoms with Crippen LogP contribution in [0.3, 0.4) is 0 Å². The van der Waals surface area contributed by atoms with Gasteiger partial charge in [0.1, 0.15) is 0 Å². The summed E-state index contributed by atoms with van der Waals surface area (Å²) in [4.78, 5) is 13.8. The van der Waals surface area contributed by atoms with Crippen LogP contribution in [-0.4, -0.2) is 42.2 Å². The number of amides is 1. The SMILES string of the molecule is CCc1cccc(C)c1NC(=O)CN(C)CC(C)O. The predicted octanol–water partition coefficient (Wildman–Crippen LogP) is 1.81. The summed E-state index contributed by atoms with van der Waals surface area (Å²) in [6, 6.07) is 6.03. The quantitative estimate of drug-likeness (QED) is 0.824. The Balaban J connectivity index is 2.67. The van der Waals surface area contributed by atoms with Crippen LogP contribution in [0.25, 0.3) is 0 Å². The molecule has 1 rings (SSSR count). The molecular formula is C15H24N2O2. The number of nitrogens with zero attached hydrogens (tertiary/aromatic N) is 1. The minimum absolute atomic E-state index is 0.0489. The molecule has 0 aliphatic carbocycles. The molecule has 1 aromatic rings. The van der Waals surface area contributed by atoms with Gasteiger partial charge in [0.25, 0.3) is 0 Å². The van der Waals surface area contributed by atoms with E-state index >= 15 is 0 Å². The van der Waals surface area contributed by atoms with E-state index in [0.29, 0.717) is 6.54 Å². The first-order chi connectivity index (χ1) is 8.93. The lowest BCUT2D eigenvalue weighted by Gasteiger charge is -2.19. The summed E-state index contributed by atoms with van der Waals surface area (Å²) in [5.41, 5.74) is 3.14. The van der Waals surface area contributed by atoms with Gasteiger partial charge in [0.2, 0.25) is 5.91 Å². The summed E-state index contributed by atoms with van der Waals surface area (Å²) in [6.07, 6.45) is 0.461. The van der Waals surface area contributed by atoms with Gasteiger partial charge in [-0.15, -0.1) is 0 Å². The monoisotopic (exact) mass is 264 g/mol. The maximum Gasteiger partial charge on any atom is 0.238 e. The Hall–Kier alpha value is -1.39. The molecule has 1 aromatic carbocycles. The van der Waals surface area contributed by atoms with Crippen molar-refractivity contribution in [3.63, 3.8) is 0 Å². The standard InChI is InChI=1S/C15H24N2O2/c1-5-13-8-6-7-11(2)15(13)16-14(19)10-17(4)9-12(3)18/h6-8,12,18H,5,9-10H2,1-4H3,(H,16,19). The lowest BCUT2D eigenvalue weighted by molar-refractivity contribution is -0.117. The molecule has 0 aliphatic rings. The van der Waals surface area contributed by atoms with Crippen molar-refractivity contribution in [2.24, 2.45) is 0 Å². The summed E-state index contributed by atoms with van der Waals surface area (Å²) in [6.45, 7) is 6.55. The molecule has 0 saturated carbocycles. The molecule has 1 atom stereocenters. The third-order valence-electron chi connectivity index (χ3n) is 2.99. The van der Waals surface area contributed by atoms with Gasteiger partial charge in [-0.05, 0) is 38.4 Å². The van der Waals surface area contributed by atoms with Gasteiger partial charge in [0.15, 0.2) is 0 Å². The Kier molecular flexibility index (Phi) is 5.99. The van der Waals surface area contributed by atoms with Crippen LogP contribution in [0.4, 0.5) is 5.69 Å². The average molecular weight is 264 g/mol. The van der Waals surface area contributed by atoms with E-state index in [9.17, 15) is 9.90 Å². The molecule has 0 saturated heterocycles. The molecule has 0 radical (unpaired) electrons. The molecule has 0 bridgehead atoms. The minimum Gasteiger partial charge on any atom is -0.392 e. The Bertz CT molecular complexity index is 430. The van der Waals surface area contributed by atoms with Crippen LogP contribution in [0, 0.1) is 6.92 Å². The molecule has 0 spiro atoms. The van der Waals surface area contributed by atoms with E-state index < -0.39 is 6.10 Å².